The highest BCUT2D eigenvalue weighted by molar-refractivity contribution is 6.03. The molecule has 4 heterocycles. The monoisotopic (exact) mass is 406 g/mol. The molecule has 0 bridgehead atoms. The Bertz CT molecular complexity index is 942. The van der Waals surface area contributed by atoms with Crippen molar-refractivity contribution in [2.24, 2.45) is 0 Å². The first-order valence-corrected chi connectivity index (χ1v) is 10.6. The van der Waals surface area contributed by atoms with Crippen molar-refractivity contribution in [1.82, 2.24) is 20.3 Å². The summed E-state index contributed by atoms with van der Waals surface area (Å²) in [6.07, 6.45) is 3.86. The molecule has 0 aliphatic carbocycles. The lowest BCUT2D eigenvalue weighted by Gasteiger charge is -2.35. The molecule has 2 aromatic rings. The van der Waals surface area contributed by atoms with Crippen molar-refractivity contribution in [2.45, 2.75) is 25.4 Å². The fourth-order valence-corrected chi connectivity index (χ4v) is 4.49. The standard InChI is InChI=1S/C22H26N6O2/c29-21(17-5-2-1-3-6-17)25-27-11-9-26(10-12-27)15-16-13-18-20(23-14-16)28-8-4-7-19(28)22(30)24-18/h1-3,5-6,13-14,19H,4,7-12,15H2,(H,24,30)(H,25,29). The van der Waals surface area contributed by atoms with E-state index in [1.165, 1.54) is 0 Å². The first-order valence-electron chi connectivity index (χ1n) is 10.6. The fourth-order valence-electron chi connectivity index (χ4n) is 4.49. The average molecular weight is 406 g/mol. The molecule has 8 nitrogen and oxygen atoms in total. The van der Waals surface area contributed by atoms with E-state index >= 15 is 0 Å². The lowest BCUT2D eigenvalue weighted by atomic mass is 10.1. The van der Waals surface area contributed by atoms with E-state index in [1.54, 1.807) is 0 Å². The van der Waals surface area contributed by atoms with E-state index in [9.17, 15) is 9.59 Å². The van der Waals surface area contributed by atoms with Crippen LogP contribution in [0, 0.1) is 0 Å². The lowest BCUT2D eigenvalue weighted by Crippen LogP contribution is -2.53. The van der Waals surface area contributed by atoms with Crippen LogP contribution in [0.15, 0.2) is 42.6 Å². The maximum absolute atomic E-state index is 12.3. The number of carbonyl (C=O) groups is 2. The van der Waals surface area contributed by atoms with Gasteiger partial charge in [-0.3, -0.25) is 19.9 Å². The number of nitrogens with one attached hydrogen (secondary N) is 2. The third-order valence-corrected chi connectivity index (χ3v) is 6.08. The number of carbonyl (C=O) groups excluding carboxylic acids is 2. The molecule has 1 atom stereocenters. The van der Waals surface area contributed by atoms with Crippen molar-refractivity contribution in [3.05, 3.63) is 53.7 Å². The minimum Gasteiger partial charge on any atom is -0.343 e. The van der Waals surface area contributed by atoms with Crippen LogP contribution in [0.3, 0.4) is 0 Å². The van der Waals surface area contributed by atoms with Crippen molar-refractivity contribution in [3.63, 3.8) is 0 Å². The largest absolute Gasteiger partial charge is 0.343 e. The van der Waals surface area contributed by atoms with Gasteiger partial charge in [-0.15, -0.1) is 0 Å². The number of piperazine rings is 1. The number of hydrogen-bond acceptors (Lipinski definition) is 6. The summed E-state index contributed by atoms with van der Waals surface area (Å²) in [5.41, 5.74) is 5.57. The molecule has 5 rings (SSSR count). The molecule has 1 unspecified atom stereocenters. The van der Waals surface area contributed by atoms with Gasteiger partial charge in [0.25, 0.3) is 5.91 Å². The van der Waals surface area contributed by atoms with Gasteiger partial charge in [-0.05, 0) is 36.6 Å². The number of anilines is 2. The van der Waals surface area contributed by atoms with Crippen molar-refractivity contribution in [2.75, 3.05) is 42.9 Å². The van der Waals surface area contributed by atoms with Gasteiger partial charge in [0.2, 0.25) is 5.91 Å². The number of rotatable bonds is 4. The van der Waals surface area contributed by atoms with Crippen LogP contribution in [0.4, 0.5) is 11.5 Å². The number of pyridine rings is 1. The van der Waals surface area contributed by atoms with Gasteiger partial charge in [0.15, 0.2) is 5.82 Å². The molecule has 1 aromatic heterocycles. The van der Waals surface area contributed by atoms with E-state index in [0.29, 0.717) is 5.56 Å². The van der Waals surface area contributed by atoms with E-state index in [2.05, 4.69) is 31.6 Å². The number of amides is 2. The van der Waals surface area contributed by atoms with Crippen molar-refractivity contribution in [1.29, 1.82) is 0 Å². The Balaban J connectivity index is 1.17. The van der Waals surface area contributed by atoms with Crippen molar-refractivity contribution < 1.29 is 9.59 Å². The van der Waals surface area contributed by atoms with E-state index in [0.717, 1.165) is 69.2 Å². The van der Waals surface area contributed by atoms with Crippen LogP contribution in [0.5, 0.6) is 0 Å². The van der Waals surface area contributed by atoms with Crippen LogP contribution in [0.25, 0.3) is 0 Å². The zero-order valence-corrected chi connectivity index (χ0v) is 16.9. The second-order valence-electron chi connectivity index (χ2n) is 8.13. The summed E-state index contributed by atoms with van der Waals surface area (Å²) >= 11 is 0. The van der Waals surface area contributed by atoms with Crippen LogP contribution in [-0.2, 0) is 11.3 Å². The normalized spacial score (nSPS) is 21.7. The summed E-state index contributed by atoms with van der Waals surface area (Å²) in [5, 5.41) is 5.01. The van der Waals surface area contributed by atoms with E-state index < -0.39 is 0 Å². The third kappa shape index (κ3) is 3.76. The first kappa shape index (κ1) is 19.0. The van der Waals surface area contributed by atoms with Crippen LogP contribution in [-0.4, -0.2) is 65.5 Å². The molecule has 3 aliphatic heterocycles. The number of nitrogens with zero attached hydrogens (tertiary/aromatic N) is 4. The average Bonchev–Trinajstić information content (AvgIpc) is 3.27. The second-order valence-corrected chi connectivity index (χ2v) is 8.13. The fraction of sp³-hybridized carbons (Fsp3) is 0.409. The Morgan fingerprint density at radius 1 is 1.13 bits per heavy atom. The molecule has 3 aliphatic rings. The Morgan fingerprint density at radius 2 is 1.93 bits per heavy atom. The Hall–Kier alpha value is -2.97. The first-order chi connectivity index (χ1) is 14.7. The van der Waals surface area contributed by atoms with Gasteiger partial charge in [0, 0.05) is 51.0 Å². The van der Waals surface area contributed by atoms with Crippen molar-refractivity contribution in [3.8, 4) is 0 Å². The van der Waals surface area contributed by atoms with E-state index in [1.807, 2.05) is 41.5 Å². The molecule has 0 spiro atoms. The molecule has 0 saturated carbocycles. The minimum atomic E-state index is -0.0705. The maximum atomic E-state index is 12.3. The molecular weight excluding hydrogens is 380 g/mol. The molecule has 8 heteroatoms. The van der Waals surface area contributed by atoms with Gasteiger partial charge in [0.1, 0.15) is 6.04 Å². The van der Waals surface area contributed by atoms with Gasteiger partial charge in [-0.1, -0.05) is 18.2 Å². The summed E-state index contributed by atoms with van der Waals surface area (Å²) in [6, 6.07) is 11.3. The second kappa shape index (κ2) is 8.04. The van der Waals surface area contributed by atoms with Crippen LogP contribution < -0.4 is 15.6 Å². The summed E-state index contributed by atoms with van der Waals surface area (Å²) in [6.45, 7) is 4.92. The highest BCUT2D eigenvalue weighted by Crippen LogP contribution is 2.35. The topological polar surface area (TPSA) is 80.8 Å². The predicted octanol–water partition coefficient (Wildman–Crippen LogP) is 1.47. The molecule has 2 N–H and O–H groups in total. The zero-order valence-electron chi connectivity index (χ0n) is 16.9. The maximum Gasteiger partial charge on any atom is 0.265 e. The molecule has 0 radical (unpaired) electrons. The van der Waals surface area contributed by atoms with Gasteiger partial charge >= 0.3 is 0 Å². The van der Waals surface area contributed by atoms with E-state index in [-0.39, 0.29) is 17.9 Å². The number of fused-ring (bicyclic) bond motifs is 3. The van der Waals surface area contributed by atoms with Crippen LogP contribution >= 0.6 is 0 Å². The smallest absolute Gasteiger partial charge is 0.265 e. The molecule has 1 aromatic carbocycles. The van der Waals surface area contributed by atoms with Gasteiger partial charge in [-0.2, -0.15) is 0 Å². The molecular formula is C22H26N6O2. The summed E-state index contributed by atoms with van der Waals surface area (Å²) < 4.78 is 0. The molecule has 2 fully saturated rings. The summed E-state index contributed by atoms with van der Waals surface area (Å²) in [5.74, 6) is 0.912. The zero-order chi connectivity index (χ0) is 20.5. The summed E-state index contributed by atoms with van der Waals surface area (Å²) in [7, 11) is 0. The Kier molecular flexibility index (Phi) is 5.10. The van der Waals surface area contributed by atoms with Gasteiger partial charge in [-0.25, -0.2) is 9.99 Å². The number of benzene rings is 1. The highest BCUT2D eigenvalue weighted by atomic mass is 16.2. The summed E-state index contributed by atoms with van der Waals surface area (Å²) in [4.78, 5) is 33.8. The number of aromatic nitrogens is 1. The minimum absolute atomic E-state index is 0.0602. The Morgan fingerprint density at radius 3 is 2.73 bits per heavy atom. The quantitative estimate of drug-likeness (QED) is 0.800. The highest BCUT2D eigenvalue weighted by Gasteiger charge is 2.37. The molecule has 30 heavy (non-hydrogen) atoms. The van der Waals surface area contributed by atoms with Crippen molar-refractivity contribution >= 4 is 23.3 Å². The third-order valence-electron chi connectivity index (χ3n) is 6.08. The SMILES string of the molecule is O=C(NN1CCN(Cc2cnc3c(c2)NC(=O)C2CCCN32)CC1)c1ccccc1. The molecule has 156 valence electrons. The molecule has 2 saturated heterocycles. The van der Waals surface area contributed by atoms with Crippen LogP contribution in [0.1, 0.15) is 28.8 Å². The van der Waals surface area contributed by atoms with Crippen LogP contribution in [0.2, 0.25) is 0 Å². The lowest BCUT2D eigenvalue weighted by molar-refractivity contribution is -0.117. The number of hydrazine groups is 1. The molecule has 2 amide bonds. The number of hydrogen-bond donors (Lipinski definition) is 2. The predicted molar refractivity (Wildman–Crippen MR) is 114 cm³/mol. The van der Waals surface area contributed by atoms with E-state index in [4.69, 9.17) is 0 Å². The van der Waals surface area contributed by atoms with Gasteiger partial charge < -0.3 is 10.2 Å². The Labute approximate surface area is 175 Å². The van der Waals surface area contributed by atoms with Gasteiger partial charge in [0.05, 0.1) is 5.69 Å².